The van der Waals surface area contributed by atoms with Crippen LogP contribution >= 0.6 is 23.4 Å². The fourth-order valence-electron chi connectivity index (χ4n) is 3.34. The number of nitrogens with zero attached hydrogens (tertiary/aromatic N) is 2. The van der Waals surface area contributed by atoms with E-state index in [0.29, 0.717) is 32.7 Å². The zero-order chi connectivity index (χ0) is 22.1. The summed E-state index contributed by atoms with van der Waals surface area (Å²) in [6, 6.07) is 17.8. The number of rotatable bonds is 6. The van der Waals surface area contributed by atoms with E-state index in [4.69, 9.17) is 20.4 Å². The van der Waals surface area contributed by atoms with Crippen molar-refractivity contribution in [3.8, 4) is 0 Å². The highest BCUT2D eigenvalue weighted by molar-refractivity contribution is 7.99. The largest absolute Gasteiger partial charge is 0.467 e. The third-order valence-electron chi connectivity index (χ3n) is 4.82. The number of aromatic nitrogens is 2. The van der Waals surface area contributed by atoms with E-state index in [9.17, 15) is 9.59 Å². The van der Waals surface area contributed by atoms with Gasteiger partial charge in [-0.1, -0.05) is 47.6 Å². The van der Waals surface area contributed by atoms with Crippen molar-refractivity contribution < 1.29 is 13.6 Å². The Hall–Kier alpha value is -3.49. The van der Waals surface area contributed by atoms with Crippen LogP contribution in [0.15, 0.2) is 85.7 Å². The summed E-state index contributed by atoms with van der Waals surface area (Å²) in [5.41, 5.74) is 1.40. The summed E-state index contributed by atoms with van der Waals surface area (Å²) in [5, 5.41) is 4.36. The Kier molecular flexibility index (Phi) is 5.46. The van der Waals surface area contributed by atoms with Crippen LogP contribution < -0.4 is 10.9 Å². The van der Waals surface area contributed by atoms with Gasteiger partial charge < -0.3 is 14.2 Å². The van der Waals surface area contributed by atoms with Crippen LogP contribution in [0.5, 0.6) is 0 Å². The van der Waals surface area contributed by atoms with Crippen molar-refractivity contribution >= 4 is 57.0 Å². The van der Waals surface area contributed by atoms with Gasteiger partial charge in [0, 0.05) is 5.39 Å². The first kappa shape index (κ1) is 20.4. The van der Waals surface area contributed by atoms with Crippen molar-refractivity contribution in [1.82, 2.24) is 9.55 Å². The number of hydrogen-bond donors (Lipinski definition) is 1. The average molecular weight is 466 g/mol. The molecule has 1 N–H and O–H groups in total. The van der Waals surface area contributed by atoms with Crippen molar-refractivity contribution in [3.63, 3.8) is 0 Å². The Balaban J connectivity index is 1.51. The summed E-state index contributed by atoms with van der Waals surface area (Å²) in [5.74, 6) is 0.364. The minimum atomic E-state index is -0.336. The van der Waals surface area contributed by atoms with E-state index >= 15 is 0 Å². The lowest BCUT2D eigenvalue weighted by Crippen LogP contribution is -2.24. The molecule has 32 heavy (non-hydrogen) atoms. The quantitative estimate of drug-likeness (QED) is 0.275. The number of amides is 1. The number of carbonyl (C=O) groups excluding carboxylic acids is 1. The van der Waals surface area contributed by atoms with Crippen LogP contribution in [0.4, 0.5) is 5.69 Å². The van der Waals surface area contributed by atoms with Crippen molar-refractivity contribution in [3.05, 3.63) is 88.1 Å². The summed E-state index contributed by atoms with van der Waals surface area (Å²) >= 11 is 7.28. The molecule has 0 aliphatic heterocycles. The minimum absolute atomic E-state index is 0.0388. The van der Waals surface area contributed by atoms with Gasteiger partial charge in [0.1, 0.15) is 16.9 Å². The molecule has 0 saturated carbocycles. The molecular weight excluding hydrogens is 450 g/mol. The molecule has 9 heteroatoms. The summed E-state index contributed by atoms with van der Waals surface area (Å²) < 4.78 is 12.7. The van der Waals surface area contributed by atoms with Gasteiger partial charge in [0.15, 0.2) is 5.16 Å². The van der Waals surface area contributed by atoms with Crippen molar-refractivity contribution in [2.45, 2.75) is 11.7 Å². The van der Waals surface area contributed by atoms with Crippen molar-refractivity contribution in [2.24, 2.45) is 0 Å². The molecule has 5 rings (SSSR count). The summed E-state index contributed by atoms with van der Waals surface area (Å²) in [6.07, 6.45) is 1.54. The molecule has 0 spiro atoms. The normalized spacial score (nSPS) is 11.3. The lowest BCUT2D eigenvalue weighted by atomic mass is 10.2. The lowest BCUT2D eigenvalue weighted by Gasteiger charge is -2.11. The summed E-state index contributed by atoms with van der Waals surface area (Å²) in [4.78, 5) is 30.5. The predicted octanol–water partition coefficient (Wildman–Crippen LogP) is 5.17. The fraction of sp³-hybridized carbons (Fsp3) is 0.0870. The minimum Gasteiger partial charge on any atom is -0.467 e. The second kappa shape index (κ2) is 8.57. The molecule has 0 aliphatic rings. The second-order valence-corrected chi connectivity index (χ2v) is 8.31. The van der Waals surface area contributed by atoms with E-state index in [1.54, 1.807) is 42.5 Å². The van der Waals surface area contributed by atoms with E-state index in [2.05, 4.69) is 10.3 Å². The molecule has 3 aromatic heterocycles. The standard InChI is InChI=1S/C23H16ClN3O4S/c24-16-8-2-3-9-17(16)25-19(28)13-32-23-26-20-15-7-1-4-10-18(15)31-21(20)22(29)27(23)12-14-6-5-11-30-14/h1-11H,12-13H2,(H,25,28). The van der Waals surface area contributed by atoms with Gasteiger partial charge in [0.2, 0.25) is 11.5 Å². The van der Waals surface area contributed by atoms with Gasteiger partial charge in [0.25, 0.3) is 5.56 Å². The first-order chi connectivity index (χ1) is 15.6. The molecule has 0 atom stereocenters. The van der Waals surface area contributed by atoms with Crippen molar-refractivity contribution in [1.29, 1.82) is 0 Å². The number of benzene rings is 2. The van der Waals surface area contributed by atoms with Gasteiger partial charge >= 0.3 is 0 Å². The maximum absolute atomic E-state index is 13.3. The first-order valence-corrected chi connectivity index (χ1v) is 11.1. The van der Waals surface area contributed by atoms with Crippen LogP contribution in [0.3, 0.4) is 0 Å². The molecule has 0 bridgehead atoms. The Labute approximate surface area is 191 Å². The summed E-state index contributed by atoms with van der Waals surface area (Å²) in [7, 11) is 0. The average Bonchev–Trinajstić information content (AvgIpc) is 3.44. The molecule has 3 heterocycles. The predicted molar refractivity (Wildman–Crippen MR) is 124 cm³/mol. The van der Waals surface area contributed by atoms with Gasteiger partial charge in [-0.3, -0.25) is 14.2 Å². The Bertz CT molecular complexity index is 1490. The van der Waals surface area contributed by atoms with E-state index in [1.165, 1.54) is 10.8 Å². The summed E-state index contributed by atoms with van der Waals surface area (Å²) in [6.45, 7) is 0.167. The number of anilines is 1. The van der Waals surface area contributed by atoms with Crippen LogP contribution in [-0.2, 0) is 11.3 Å². The van der Waals surface area contributed by atoms with Crippen molar-refractivity contribution in [2.75, 3.05) is 11.1 Å². The van der Waals surface area contributed by atoms with E-state index in [1.807, 2.05) is 18.2 Å². The maximum Gasteiger partial charge on any atom is 0.298 e. The molecule has 0 saturated heterocycles. The molecule has 1 amide bonds. The van der Waals surface area contributed by atoms with Gasteiger partial charge in [-0.05, 0) is 36.4 Å². The van der Waals surface area contributed by atoms with Gasteiger partial charge in [-0.15, -0.1) is 0 Å². The maximum atomic E-state index is 13.3. The SMILES string of the molecule is O=C(CSc1nc2c(oc3ccccc32)c(=O)n1Cc1ccco1)Nc1ccccc1Cl. The zero-order valence-electron chi connectivity index (χ0n) is 16.6. The zero-order valence-corrected chi connectivity index (χ0v) is 18.2. The number of fused-ring (bicyclic) bond motifs is 3. The highest BCUT2D eigenvalue weighted by Crippen LogP contribution is 2.28. The Morgan fingerprint density at radius 1 is 1.09 bits per heavy atom. The topological polar surface area (TPSA) is 90.3 Å². The molecule has 0 aliphatic carbocycles. The highest BCUT2D eigenvalue weighted by atomic mass is 35.5. The van der Waals surface area contributed by atoms with E-state index < -0.39 is 0 Å². The number of hydrogen-bond acceptors (Lipinski definition) is 6. The number of furan rings is 2. The molecular formula is C23H16ClN3O4S. The Morgan fingerprint density at radius 2 is 1.91 bits per heavy atom. The smallest absolute Gasteiger partial charge is 0.298 e. The van der Waals surface area contributed by atoms with Crippen LogP contribution in [0.2, 0.25) is 5.02 Å². The Morgan fingerprint density at radius 3 is 2.72 bits per heavy atom. The molecule has 160 valence electrons. The monoisotopic (exact) mass is 465 g/mol. The molecule has 2 aromatic carbocycles. The number of halogens is 1. The van der Waals surface area contributed by atoms with Gasteiger partial charge in [-0.2, -0.15) is 0 Å². The van der Waals surface area contributed by atoms with Gasteiger partial charge in [-0.25, -0.2) is 4.98 Å². The highest BCUT2D eigenvalue weighted by Gasteiger charge is 2.19. The van der Waals surface area contributed by atoms with Gasteiger partial charge in [0.05, 0.1) is 29.3 Å². The molecule has 0 radical (unpaired) electrons. The van der Waals surface area contributed by atoms with E-state index in [-0.39, 0.29) is 29.3 Å². The van der Waals surface area contributed by atoms with E-state index in [0.717, 1.165) is 17.1 Å². The number of thioether (sulfide) groups is 1. The van der Waals surface area contributed by atoms with Crippen LogP contribution in [0.1, 0.15) is 5.76 Å². The molecule has 7 nitrogen and oxygen atoms in total. The van der Waals surface area contributed by atoms with Crippen LogP contribution in [0.25, 0.3) is 22.1 Å². The fourth-order valence-corrected chi connectivity index (χ4v) is 4.31. The second-order valence-electron chi connectivity index (χ2n) is 6.96. The third kappa shape index (κ3) is 3.90. The number of para-hydroxylation sites is 2. The lowest BCUT2D eigenvalue weighted by molar-refractivity contribution is -0.113. The molecule has 0 unspecified atom stereocenters. The number of nitrogens with one attached hydrogen (secondary N) is 1. The number of carbonyl (C=O) groups is 1. The third-order valence-corrected chi connectivity index (χ3v) is 6.13. The van der Waals surface area contributed by atoms with Crippen LogP contribution in [-0.4, -0.2) is 21.2 Å². The molecule has 5 aromatic rings. The van der Waals surface area contributed by atoms with Crippen LogP contribution in [0, 0.1) is 0 Å². The first-order valence-electron chi connectivity index (χ1n) is 9.72. The molecule has 0 fully saturated rings.